The number of nitrogens with two attached hydrogens (primary N) is 1. The maximum atomic E-state index is 12.5. The molecular formula is C16H27Cl2N3OS. The zero-order valence-electron chi connectivity index (χ0n) is 13.5. The van der Waals surface area contributed by atoms with Crippen molar-refractivity contribution >= 4 is 42.1 Å². The molecule has 0 spiro atoms. The molecule has 23 heavy (non-hydrogen) atoms. The fourth-order valence-corrected chi connectivity index (χ4v) is 4.91. The van der Waals surface area contributed by atoms with Gasteiger partial charge in [0, 0.05) is 12.1 Å². The van der Waals surface area contributed by atoms with E-state index in [1.54, 1.807) is 6.20 Å². The monoisotopic (exact) mass is 379 g/mol. The first-order valence-electron chi connectivity index (χ1n) is 8.18. The van der Waals surface area contributed by atoms with Gasteiger partial charge in [-0.15, -0.1) is 36.2 Å². The molecule has 1 aromatic heterocycles. The van der Waals surface area contributed by atoms with E-state index in [-0.39, 0.29) is 30.7 Å². The molecule has 2 aliphatic carbocycles. The van der Waals surface area contributed by atoms with Crippen LogP contribution in [0.2, 0.25) is 0 Å². The molecule has 1 amide bonds. The lowest BCUT2D eigenvalue weighted by Gasteiger charge is -2.45. The molecule has 0 aliphatic heterocycles. The van der Waals surface area contributed by atoms with Gasteiger partial charge in [-0.3, -0.25) is 4.79 Å². The Kier molecular flexibility index (Phi) is 8.28. The minimum absolute atomic E-state index is 0. The van der Waals surface area contributed by atoms with Gasteiger partial charge in [0.1, 0.15) is 4.88 Å². The van der Waals surface area contributed by atoms with E-state index in [9.17, 15) is 4.79 Å². The smallest absolute Gasteiger partial charge is 0.263 e. The normalized spacial score (nSPS) is 29.1. The first kappa shape index (κ1) is 20.7. The second kappa shape index (κ2) is 9.21. The lowest BCUT2D eigenvalue weighted by molar-refractivity contribution is 0.0759. The molecule has 0 radical (unpaired) electrons. The fourth-order valence-electron chi connectivity index (χ4n) is 3.99. The van der Waals surface area contributed by atoms with Crippen molar-refractivity contribution in [3.63, 3.8) is 0 Å². The number of carbonyl (C=O) groups is 1. The van der Waals surface area contributed by atoms with Gasteiger partial charge in [0.05, 0.1) is 11.2 Å². The highest BCUT2D eigenvalue weighted by Gasteiger charge is 2.40. The van der Waals surface area contributed by atoms with Crippen LogP contribution in [0.25, 0.3) is 0 Å². The number of fused-ring (bicyclic) bond motifs is 2. The highest BCUT2D eigenvalue weighted by molar-refractivity contribution is 7.13. The number of nitrogens with one attached hydrogen (secondary N) is 1. The maximum Gasteiger partial charge on any atom is 0.263 e. The van der Waals surface area contributed by atoms with Crippen molar-refractivity contribution in [2.75, 3.05) is 0 Å². The molecular weight excluding hydrogens is 353 g/mol. The number of rotatable bonds is 4. The van der Waals surface area contributed by atoms with Gasteiger partial charge < -0.3 is 11.1 Å². The van der Waals surface area contributed by atoms with E-state index in [2.05, 4.69) is 17.2 Å². The number of carbonyl (C=O) groups excluding carboxylic acids is 1. The summed E-state index contributed by atoms with van der Waals surface area (Å²) in [5.74, 6) is 1.20. The van der Waals surface area contributed by atoms with Crippen LogP contribution in [-0.2, 0) is 6.42 Å². The van der Waals surface area contributed by atoms with E-state index in [0.717, 1.165) is 35.6 Å². The SMILES string of the molecule is CCCc1ncc(C(=O)NC2C3CCCC2CC(N)C3)s1.Cl.Cl. The standard InChI is InChI=1S/C16H25N3OS.2ClH/c1-2-4-14-18-9-13(21-14)16(20)19-15-10-5-3-6-11(15)8-12(17)7-10;;/h9-12,15H,2-8,17H2,1H3,(H,19,20);2*1H. The Morgan fingerprint density at radius 2 is 2.00 bits per heavy atom. The van der Waals surface area contributed by atoms with Crippen LogP contribution >= 0.6 is 36.2 Å². The zero-order valence-corrected chi connectivity index (χ0v) is 15.9. The summed E-state index contributed by atoms with van der Waals surface area (Å²) in [6, 6.07) is 0.649. The summed E-state index contributed by atoms with van der Waals surface area (Å²) in [7, 11) is 0. The van der Waals surface area contributed by atoms with Crippen molar-refractivity contribution in [3.05, 3.63) is 16.1 Å². The summed E-state index contributed by atoms with van der Waals surface area (Å²) < 4.78 is 0. The minimum Gasteiger partial charge on any atom is -0.348 e. The van der Waals surface area contributed by atoms with Crippen LogP contribution in [0.1, 0.15) is 60.1 Å². The molecule has 2 bridgehead atoms. The third-order valence-corrected chi connectivity index (χ3v) is 5.97. The summed E-state index contributed by atoms with van der Waals surface area (Å²) >= 11 is 1.53. The highest BCUT2D eigenvalue weighted by Crippen LogP contribution is 2.39. The predicted octanol–water partition coefficient (Wildman–Crippen LogP) is 3.58. The summed E-state index contributed by atoms with van der Waals surface area (Å²) in [4.78, 5) is 17.6. The maximum absolute atomic E-state index is 12.5. The number of thiazole rings is 1. The molecule has 3 rings (SSSR count). The molecule has 7 heteroatoms. The van der Waals surface area contributed by atoms with Crippen molar-refractivity contribution in [2.24, 2.45) is 17.6 Å². The number of aromatic nitrogens is 1. The Bertz CT molecular complexity index is 497. The van der Waals surface area contributed by atoms with E-state index < -0.39 is 0 Å². The summed E-state index contributed by atoms with van der Waals surface area (Å²) in [5.41, 5.74) is 6.15. The van der Waals surface area contributed by atoms with Gasteiger partial charge in [-0.2, -0.15) is 0 Å². The Balaban J connectivity index is 0.00000132. The number of nitrogens with zero attached hydrogens (tertiary/aromatic N) is 1. The van der Waals surface area contributed by atoms with E-state index >= 15 is 0 Å². The molecule has 4 nitrogen and oxygen atoms in total. The number of aryl methyl sites for hydroxylation is 1. The zero-order chi connectivity index (χ0) is 14.8. The number of hydrogen-bond donors (Lipinski definition) is 2. The molecule has 132 valence electrons. The van der Waals surface area contributed by atoms with Gasteiger partial charge >= 0.3 is 0 Å². The number of amides is 1. The first-order chi connectivity index (χ1) is 10.2. The van der Waals surface area contributed by atoms with Crippen molar-refractivity contribution in [1.29, 1.82) is 0 Å². The molecule has 2 aliphatic rings. The molecule has 1 aromatic rings. The van der Waals surface area contributed by atoms with E-state index in [1.165, 1.54) is 30.6 Å². The molecule has 0 saturated heterocycles. The van der Waals surface area contributed by atoms with E-state index in [1.807, 2.05) is 0 Å². The predicted molar refractivity (Wildman–Crippen MR) is 99.9 cm³/mol. The van der Waals surface area contributed by atoms with Gasteiger partial charge in [-0.25, -0.2) is 4.98 Å². The van der Waals surface area contributed by atoms with Gasteiger partial charge in [0.15, 0.2) is 0 Å². The van der Waals surface area contributed by atoms with Crippen LogP contribution in [0.4, 0.5) is 0 Å². The number of halogens is 2. The molecule has 2 saturated carbocycles. The third-order valence-electron chi connectivity index (χ3n) is 4.92. The van der Waals surface area contributed by atoms with Gasteiger partial charge in [-0.05, 0) is 50.4 Å². The quantitative estimate of drug-likeness (QED) is 0.839. The topological polar surface area (TPSA) is 68.0 Å². The molecule has 0 aromatic carbocycles. The molecule has 2 fully saturated rings. The second-order valence-electron chi connectivity index (χ2n) is 6.55. The Morgan fingerprint density at radius 1 is 1.35 bits per heavy atom. The lowest BCUT2D eigenvalue weighted by Crippen LogP contribution is -2.53. The van der Waals surface area contributed by atoms with Crippen molar-refractivity contribution in [3.8, 4) is 0 Å². The lowest BCUT2D eigenvalue weighted by atomic mass is 9.67. The van der Waals surface area contributed by atoms with Crippen molar-refractivity contribution < 1.29 is 4.79 Å². The highest BCUT2D eigenvalue weighted by atomic mass is 35.5. The Labute approximate surface area is 154 Å². The van der Waals surface area contributed by atoms with Gasteiger partial charge in [0.25, 0.3) is 5.91 Å². The average molecular weight is 380 g/mol. The average Bonchev–Trinajstić information content (AvgIpc) is 2.89. The van der Waals surface area contributed by atoms with Crippen LogP contribution in [0.5, 0.6) is 0 Å². The molecule has 1 heterocycles. The van der Waals surface area contributed by atoms with Crippen LogP contribution in [0.15, 0.2) is 6.20 Å². The molecule has 2 unspecified atom stereocenters. The van der Waals surface area contributed by atoms with Crippen molar-refractivity contribution in [1.82, 2.24) is 10.3 Å². The molecule has 2 atom stereocenters. The number of hydrogen-bond acceptors (Lipinski definition) is 4. The van der Waals surface area contributed by atoms with Gasteiger partial charge in [0.2, 0.25) is 0 Å². The second-order valence-corrected chi connectivity index (χ2v) is 7.67. The first-order valence-corrected chi connectivity index (χ1v) is 9.00. The van der Waals surface area contributed by atoms with Crippen LogP contribution in [-0.4, -0.2) is 23.0 Å². The van der Waals surface area contributed by atoms with Crippen LogP contribution < -0.4 is 11.1 Å². The summed E-state index contributed by atoms with van der Waals surface area (Å²) in [6.07, 6.45) is 9.58. The van der Waals surface area contributed by atoms with E-state index in [4.69, 9.17) is 5.73 Å². The van der Waals surface area contributed by atoms with E-state index in [0.29, 0.717) is 23.9 Å². The van der Waals surface area contributed by atoms with Crippen LogP contribution in [0, 0.1) is 11.8 Å². The Hall–Kier alpha value is -0.360. The minimum atomic E-state index is 0. The Morgan fingerprint density at radius 3 is 2.61 bits per heavy atom. The third kappa shape index (κ3) is 4.81. The summed E-state index contributed by atoms with van der Waals surface area (Å²) in [6.45, 7) is 2.13. The molecule has 3 N–H and O–H groups in total. The van der Waals surface area contributed by atoms with Gasteiger partial charge in [-0.1, -0.05) is 13.3 Å². The summed E-state index contributed by atoms with van der Waals surface area (Å²) in [5, 5.41) is 4.35. The fraction of sp³-hybridized carbons (Fsp3) is 0.750. The van der Waals surface area contributed by atoms with Crippen molar-refractivity contribution in [2.45, 2.75) is 64.0 Å². The largest absolute Gasteiger partial charge is 0.348 e. The van der Waals surface area contributed by atoms with Crippen LogP contribution in [0.3, 0.4) is 0 Å².